The first-order valence-electron chi connectivity index (χ1n) is 5.71. The van der Waals surface area contributed by atoms with Gasteiger partial charge in [0.15, 0.2) is 0 Å². The van der Waals surface area contributed by atoms with Gasteiger partial charge in [-0.05, 0) is 31.5 Å². The Balaban J connectivity index is 2.77. The van der Waals surface area contributed by atoms with Crippen molar-refractivity contribution in [2.75, 3.05) is 20.2 Å². The third-order valence-electron chi connectivity index (χ3n) is 2.61. The van der Waals surface area contributed by atoms with E-state index in [4.69, 9.17) is 10.5 Å². The fourth-order valence-electron chi connectivity index (χ4n) is 1.44. The molecule has 94 valence electrons. The molecule has 3 N–H and O–H groups in total. The van der Waals surface area contributed by atoms with E-state index >= 15 is 0 Å². The number of hydrogen-bond donors (Lipinski definition) is 2. The summed E-state index contributed by atoms with van der Waals surface area (Å²) in [7, 11) is 1.56. The molecule has 0 bridgehead atoms. The molecule has 0 radical (unpaired) electrons. The molecule has 1 aromatic carbocycles. The smallest absolute Gasteiger partial charge is 0.255 e. The van der Waals surface area contributed by atoms with Gasteiger partial charge in [0.2, 0.25) is 0 Å². The molecule has 0 aliphatic rings. The number of carbonyl (C=O) groups is 1. The van der Waals surface area contributed by atoms with Gasteiger partial charge in [0.25, 0.3) is 5.91 Å². The summed E-state index contributed by atoms with van der Waals surface area (Å²) < 4.78 is 5.17. The van der Waals surface area contributed by atoms with Crippen LogP contribution in [0.2, 0.25) is 0 Å². The van der Waals surface area contributed by atoms with Crippen molar-refractivity contribution < 1.29 is 9.53 Å². The van der Waals surface area contributed by atoms with E-state index in [-0.39, 0.29) is 11.8 Å². The highest BCUT2D eigenvalue weighted by atomic mass is 16.5. The zero-order chi connectivity index (χ0) is 12.8. The van der Waals surface area contributed by atoms with Gasteiger partial charge < -0.3 is 15.8 Å². The van der Waals surface area contributed by atoms with Crippen LogP contribution in [-0.2, 0) is 0 Å². The monoisotopic (exact) mass is 236 g/mol. The number of methoxy groups -OCH3 is 1. The lowest BCUT2D eigenvalue weighted by Gasteiger charge is -2.12. The fraction of sp³-hybridized carbons (Fsp3) is 0.462. The molecule has 1 unspecified atom stereocenters. The number of aryl methyl sites for hydroxylation is 1. The van der Waals surface area contributed by atoms with E-state index in [2.05, 4.69) is 5.32 Å². The summed E-state index contributed by atoms with van der Waals surface area (Å²) in [6.45, 7) is 5.07. The number of carbonyl (C=O) groups excluding carboxylic acids is 1. The standard InChI is InChI=1S/C13H20N2O2/c1-9-4-5-12(17-3)11(6-9)13(16)15-8-10(2)7-14/h4-6,10H,7-8,14H2,1-3H3,(H,15,16). The van der Waals surface area contributed by atoms with Crippen molar-refractivity contribution >= 4 is 5.91 Å². The molecule has 1 amide bonds. The van der Waals surface area contributed by atoms with Gasteiger partial charge >= 0.3 is 0 Å². The van der Waals surface area contributed by atoms with Gasteiger partial charge in [0, 0.05) is 6.54 Å². The van der Waals surface area contributed by atoms with Gasteiger partial charge in [-0.25, -0.2) is 0 Å². The third-order valence-corrected chi connectivity index (χ3v) is 2.61. The second-order valence-corrected chi connectivity index (χ2v) is 4.25. The predicted molar refractivity (Wildman–Crippen MR) is 68.3 cm³/mol. The van der Waals surface area contributed by atoms with Gasteiger partial charge in [0.05, 0.1) is 12.7 Å². The number of nitrogens with one attached hydrogen (secondary N) is 1. The number of rotatable bonds is 5. The molecule has 4 nitrogen and oxygen atoms in total. The van der Waals surface area contributed by atoms with E-state index in [0.29, 0.717) is 24.4 Å². The van der Waals surface area contributed by atoms with Crippen LogP contribution in [0.15, 0.2) is 18.2 Å². The second kappa shape index (κ2) is 6.25. The molecule has 0 spiro atoms. The van der Waals surface area contributed by atoms with E-state index in [9.17, 15) is 4.79 Å². The lowest BCUT2D eigenvalue weighted by atomic mass is 10.1. The Morgan fingerprint density at radius 3 is 2.82 bits per heavy atom. The minimum Gasteiger partial charge on any atom is -0.496 e. The Kier molecular flexibility index (Phi) is 4.97. The zero-order valence-electron chi connectivity index (χ0n) is 10.6. The molecule has 17 heavy (non-hydrogen) atoms. The topological polar surface area (TPSA) is 64.3 Å². The summed E-state index contributed by atoms with van der Waals surface area (Å²) in [5.41, 5.74) is 7.10. The first-order valence-corrected chi connectivity index (χ1v) is 5.71. The second-order valence-electron chi connectivity index (χ2n) is 4.25. The van der Waals surface area contributed by atoms with Crippen LogP contribution in [0.1, 0.15) is 22.8 Å². The van der Waals surface area contributed by atoms with Crippen LogP contribution in [-0.4, -0.2) is 26.1 Å². The normalized spacial score (nSPS) is 12.0. The molecule has 0 saturated heterocycles. The third kappa shape index (κ3) is 3.75. The largest absolute Gasteiger partial charge is 0.496 e. The van der Waals surface area contributed by atoms with Gasteiger partial charge in [-0.15, -0.1) is 0 Å². The van der Waals surface area contributed by atoms with Crippen LogP contribution in [0.25, 0.3) is 0 Å². The highest BCUT2D eigenvalue weighted by molar-refractivity contribution is 5.97. The molecule has 0 aliphatic carbocycles. The number of benzene rings is 1. The average molecular weight is 236 g/mol. The predicted octanol–water partition coefficient (Wildman–Crippen LogP) is 1.33. The maximum absolute atomic E-state index is 12.0. The zero-order valence-corrected chi connectivity index (χ0v) is 10.6. The van der Waals surface area contributed by atoms with E-state index in [0.717, 1.165) is 5.56 Å². The Bertz CT molecular complexity index is 391. The highest BCUT2D eigenvalue weighted by Gasteiger charge is 2.12. The fourth-order valence-corrected chi connectivity index (χ4v) is 1.44. The molecule has 0 aromatic heterocycles. The quantitative estimate of drug-likeness (QED) is 0.810. The van der Waals surface area contributed by atoms with E-state index < -0.39 is 0 Å². The van der Waals surface area contributed by atoms with Crippen molar-refractivity contribution in [2.45, 2.75) is 13.8 Å². The number of amides is 1. The van der Waals surface area contributed by atoms with Crippen molar-refractivity contribution in [1.29, 1.82) is 0 Å². The molecule has 1 aromatic rings. The lowest BCUT2D eigenvalue weighted by molar-refractivity contribution is 0.0945. The van der Waals surface area contributed by atoms with Gasteiger partial charge in [-0.2, -0.15) is 0 Å². The molecule has 0 fully saturated rings. The Hall–Kier alpha value is -1.55. The molecule has 1 atom stereocenters. The number of nitrogens with two attached hydrogens (primary N) is 1. The summed E-state index contributed by atoms with van der Waals surface area (Å²) in [5, 5.41) is 2.85. The summed E-state index contributed by atoms with van der Waals surface area (Å²) in [4.78, 5) is 12.0. The summed E-state index contributed by atoms with van der Waals surface area (Å²) >= 11 is 0. The van der Waals surface area contributed by atoms with Crippen LogP contribution in [0.3, 0.4) is 0 Å². The Labute approximate surface area is 102 Å². The SMILES string of the molecule is COc1ccc(C)cc1C(=O)NCC(C)CN. The van der Waals surface area contributed by atoms with Crippen LogP contribution >= 0.6 is 0 Å². The summed E-state index contributed by atoms with van der Waals surface area (Å²) in [6.07, 6.45) is 0. The minimum absolute atomic E-state index is 0.120. The van der Waals surface area contributed by atoms with Crippen LogP contribution in [0.4, 0.5) is 0 Å². The maximum Gasteiger partial charge on any atom is 0.255 e. The first-order chi connectivity index (χ1) is 8.08. The molecule has 4 heteroatoms. The van der Waals surface area contributed by atoms with Gasteiger partial charge in [-0.3, -0.25) is 4.79 Å². The summed E-state index contributed by atoms with van der Waals surface area (Å²) in [5.74, 6) is 0.745. The molecular formula is C13H20N2O2. The van der Waals surface area contributed by atoms with Crippen LogP contribution < -0.4 is 15.8 Å². The number of ether oxygens (including phenoxy) is 1. The van der Waals surface area contributed by atoms with Crippen molar-refractivity contribution in [3.8, 4) is 5.75 Å². The van der Waals surface area contributed by atoms with Gasteiger partial charge in [-0.1, -0.05) is 18.6 Å². The van der Waals surface area contributed by atoms with Crippen LogP contribution in [0, 0.1) is 12.8 Å². The number of hydrogen-bond acceptors (Lipinski definition) is 3. The Morgan fingerprint density at radius 1 is 1.53 bits per heavy atom. The lowest BCUT2D eigenvalue weighted by Crippen LogP contribution is -2.31. The van der Waals surface area contributed by atoms with Crippen LogP contribution in [0.5, 0.6) is 5.75 Å². The van der Waals surface area contributed by atoms with Crippen molar-refractivity contribution in [3.63, 3.8) is 0 Å². The van der Waals surface area contributed by atoms with Crippen molar-refractivity contribution in [3.05, 3.63) is 29.3 Å². The maximum atomic E-state index is 12.0. The first kappa shape index (κ1) is 13.5. The molecule has 0 heterocycles. The van der Waals surface area contributed by atoms with Gasteiger partial charge in [0.1, 0.15) is 5.75 Å². The van der Waals surface area contributed by atoms with Crippen molar-refractivity contribution in [1.82, 2.24) is 5.32 Å². The summed E-state index contributed by atoms with van der Waals surface area (Å²) in [6, 6.07) is 5.54. The van der Waals surface area contributed by atoms with Crippen molar-refractivity contribution in [2.24, 2.45) is 11.7 Å². The molecule has 1 rings (SSSR count). The molecular weight excluding hydrogens is 216 g/mol. The van der Waals surface area contributed by atoms with E-state index in [1.807, 2.05) is 26.0 Å². The average Bonchev–Trinajstić information content (AvgIpc) is 2.35. The molecule has 0 saturated carbocycles. The van der Waals surface area contributed by atoms with E-state index in [1.54, 1.807) is 13.2 Å². The molecule has 0 aliphatic heterocycles. The Morgan fingerprint density at radius 2 is 2.24 bits per heavy atom. The highest BCUT2D eigenvalue weighted by Crippen LogP contribution is 2.19. The van der Waals surface area contributed by atoms with E-state index in [1.165, 1.54) is 0 Å². The minimum atomic E-state index is -0.120.